The fourth-order valence-corrected chi connectivity index (χ4v) is 4.73. The first-order valence-electron chi connectivity index (χ1n) is 11.3. The van der Waals surface area contributed by atoms with Crippen LogP contribution in [0.2, 0.25) is 0 Å². The lowest BCUT2D eigenvalue weighted by Gasteiger charge is -2.28. The number of nitrogens with zero attached hydrogens (tertiary/aromatic N) is 3. The first kappa shape index (κ1) is 21.9. The molecule has 1 saturated heterocycles. The first-order valence-corrected chi connectivity index (χ1v) is 11.7. The van der Waals surface area contributed by atoms with Gasteiger partial charge in [-0.25, -0.2) is 0 Å². The Labute approximate surface area is 204 Å². The molecule has 7 heteroatoms. The molecule has 1 aliphatic heterocycles. The summed E-state index contributed by atoms with van der Waals surface area (Å²) < 4.78 is 2.17. The minimum atomic E-state index is -0.136. The highest BCUT2D eigenvalue weighted by molar-refractivity contribution is 7.80. The summed E-state index contributed by atoms with van der Waals surface area (Å²) in [4.78, 5) is 19.4. The molecule has 2 atom stereocenters. The summed E-state index contributed by atoms with van der Waals surface area (Å²) in [6.45, 7) is 0.485. The molecule has 1 amide bonds. The van der Waals surface area contributed by atoms with Crippen molar-refractivity contribution in [1.82, 2.24) is 19.8 Å². The van der Waals surface area contributed by atoms with Crippen molar-refractivity contribution in [3.8, 4) is 5.69 Å². The van der Waals surface area contributed by atoms with Gasteiger partial charge in [0.1, 0.15) is 0 Å². The van der Waals surface area contributed by atoms with Gasteiger partial charge in [-0.05, 0) is 60.7 Å². The van der Waals surface area contributed by atoms with Gasteiger partial charge in [0.15, 0.2) is 5.11 Å². The summed E-state index contributed by atoms with van der Waals surface area (Å²) in [5.74, 6) is -0.0486. The van der Waals surface area contributed by atoms with Crippen molar-refractivity contribution in [2.24, 2.45) is 0 Å². The van der Waals surface area contributed by atoms with Crippen LogP contribution in [0.4, 0.5) is 5.69 Å². The van der Waals surface area contributed by atoms with E-state index in [4.69, 9.17) is 12.2 Å². The average Bonchev–Trinajstić information content (AvgIpc) is 3.48. The largest absolute Gasteiger partial charge is 0.352 e. The van der Waals surface area contributed by atoms with Crippen molar-refractivity contribution < 1.29 is 4.79 Å². The van der Waals surface area contributed by atoms with Gasteiger partial charge in [-0.1, -0.05) is 42.5 Å². The lowest BCUT2D eigenvalue weighted by atomic mass is 10.0. The number of hydrogen-bond donors (Lipinski definition) is 2. The van der Waals surface area contributed by atoms with Crippen molar-refractivity contribution in [3.05, 3.63) is 115 Å². The predicted molar refractivity (Wildman–Crippen MR) is 138 cm³/mol. The number of amides is 1. The van der Waals surface area contributed by atoms with Gasteiger partial charge in [0.2, 0.25) is 5.91 Å². The summed E-state index contributed by atoms with van der Waals surface area (Å²) >= 11 is 5.76. The van der Waals surface area contributed by atoms with E-state index in [0.717, 1.165) is 22.8 Å². The number of hydrogen-bond acceptors (Lipinski definition) is 3. The Morgan fingerprint density at radius 2 is 1.68 bits per heavy atom. The molecule has 170 valence electrons. The lowest BCUT2D eigenvalue weighted by Crippen LogP contribution is -2.33. The summed E-state index contributed by atoms with van der Waals surface area (Å²) in [6, 6.07) is 29.5. The molecule has 0 aliphatic carbocycles. The van der Waals surface area contributed by atoms with Crippen LogP contribution < -0.4 is 10.6 Å². The van der Waals surface area contributed by atoms with Gasteiger partial charge in [-0.15, -0.1) is 0 Å². The molecular weight excluding hydrogens is 442 g/mol. The van der Waals surface area contributed by atoms with Crippen LogP contribution in [0, 0.1) is 0 Å². The second-order valence-electron chi connectivity index (χ2n) is 8.12. The predicted octanol–water partition coefficient (Wildman–Crippen LogP) is 4.87. The molecule has 1 aliphatic rings. The van der Waals surface area contributed by atoms with E-state index in [1.165, 1.54) is 0 Å². The normalized spacial score (nSPS) is 17.4. The number of rotatable bonds is 7. The maximum Gasteiger partial charge on any atom is 0.226 e. The zero-order chi connectivity index (χ0) is 23.3. The number of aromatic nitrogens is 2. The maximum atomic E-state index is 12.7. The smallest absolute Gasteiger partial charge is 0.226 e. The molecular formula is C27H25N5OS. The third kappa shape index (κ3) is 4.56. The van der Waals surface area contributed by atoms with Crippen LogP contribution in [0.3, 0.4) is 0 Å². The third-order valence-corrected chi connectivity index (χ3v) is 6.31. The molecule has 3 heterocycles. The molecule has 0 bridgehead atoms. The molecule has 2 aromatic heterocycles. The van der Waals surface area contributed by atoms with E-state index in [1.807, 2.05) is 72.8 Å². The van der Waals surface area contributed by atoms with Gasteiger partial charge in [-0.2, -0.15) is 0 Å². The Morgan fingerprint density at radius 3 is 2.41 bits per heavy atom. The van der Waals surface area contributed by atoms with E-state index in [-0.39, 0.29) is 18.0 Å². The van der Waals surface area contributed by atoms with Crippen molar-refractivity contribution in [2.75, 3.05) is 11.9 Å². The SMILES string of the molecule is O=C(CCN1C(=S)N[C@@H](c2ccccn2)[C@@H]1c1cccn1-c1ccccc1)Nc1ccccc1. The zero-order valence-corrected chi connectivity index (χ0v) is 19.4. The van der Waals surface area contributed by atoms with E-state index in [0.29, 0.717) is 18.1 Å². The minimum absolute atomic E-state index is 0.0486. The van der Waals surface area contributed by atoms with Gasteiger partial charge < -0.3 is 20.1 Å². The fourth-order valence-electron chi connectivity index (χ4n) is 4.39. The zero-order valence-electron chi connectivity index (χ0n) is 18.5. The fraction of sp³-hybridized carbons (Fsp3) is 0.148. The number of benzene rings is 2. The lowest BCUT2D eigenvalue weighted by molar-refractivity contribution is -0.116. The average molecular weight is 468 g/mol. The van der Waals surface area contributed by atoms with Crippen LogP contribution in [0.5, 0.6) is 0 Å². The van der Waals surface area contributed by atoms with Crippen LogP contribution >= 0.6 is 12.2 Å². The Hall–Kier alpha value is -3.97. The molecule has 0 radical (unpaired) electrons. The molecule has 0 unspecified atom stereocenters. The van der Waals surface area contributed by atoms with E-state index >= 15 is 0 Å². The number of thiocarbonyl (C=S) groups is 1. The highest BCUT2D eigenvalue weighted by atomic mass is 32.1. The van der Waals surface area contributed by atoms with E-state index in [2.05, 4.69) is 49.5 Å². The van der Waals surface area contributed by atoms with Gasteiger partial charge >= 0.3 is 0 Å². The number of nitrogens with one attached hydrogen (secondary N) is 2. The molecule has 34 heavy (non-hydrogen) atoms. The molecule has 2 aromatic carbocycles. The van der Waals surface area contributed by atoms with Crippen molar-refractivity contribution in [3.63, 3.8) is 0 Å². The molecule has 0 spiro atoms. The summed E-state index contributed by atoms with van der Waals surface area (Å²) in [5.41, 5.74) is 3.85. The molecule has 5 rings (SSSR count). The summed E-state index contributed by atoms with van der Waals surface area (Å²) in [7, 11) is 0. The molecule has 6 nitrogen and oxygen atoms in total. The van der Waals surface area contributed by atoms with Crippen molar-refractivity contribution in [2.45, 2.75) is 18.5 Å². The van der Waals surface area contributed by atoms with Gasteiger partial charge in [0, 0.05) is 42.4 Å². The number of carbonyl (C=O) groups excluding carboxylic acids is 1. The molecule has 0 saturated carbocycles. The van der Waals surface area contributed by atoms with Crippen LogP contribution in [-0.2, 0) is 4.79 Å². The Morgan fingerprint density at radius 1 is 0.941 bits per heavy atom. The van der Waals surface area contributed by atoms with E-state index in [9.17, 15) is 4.79 Å². The number of para-hydroxylation sites is 2. The second-order valence-corrected chi connectivity index (χ2v) is 8.51. The summed E-state index contributed by atoms with van der Waals surface area (Å²) in [6.07, 6.45) is 4.17. The van der Waals surface area contributed by atoms with Gasteiger partial charge in [0.05, 0.1) is 17.8 Å². The standard InChI is InChI=1S/C27H25N5OS/c33-24(29-20-10-3-1-4-11-20)16-19-32-26(25(30-27(32)34)22-14-7-8-17-28-22)23-15-9-18-31(23)21-12-5-2-6-13-21/h1-15,17-18,25-26H,16,19H2,(H,29,33)(H,30,34)/t25-,26-/m0/s1. The Balaban J connectivity index is 1.44. The van der Waals surface area contributed by atoms with Gasteiger partial charge in [0.25, 0.3) is 0 Å². The Kier molecular flexibility index (Phi) is 6.35. The van der Waals surface area contributed by atoms with Crippen LogP contribution in [0.1, 0.15) is 29.9 Å². The molecule has 1 fully saturated rings. The molecule has 4 aromatic rings. The second kappa shape index (κ2) is 9.89. The number of carbonyl (C=O) groups is 1. The Bertz CT molecular complexity index is 1260. The third-order valence-electron chi connectivity index (χ3n) is 5.95. The topological polar surface area (TPSA) is 62.2 Å². The van der Waals surface area contributed by atoms with Crippen molar-refractivity contribution >= 4 is 28.9 Å². The summed E-state index contributed by atoms with van der Waals surface area (Å²) in [5, 5.41) is 7.04. The van der Waals surface area contributed by atoms with Crippen molar-refractivity contribution in [1.29, 1.82) is 0 Å². The highest BCUT2D eigenvalue weighted by Gasteiger charge is 2.41. The highest BCUT2D eigenvalue weighted by Crippen LogP contribution is 2.39. The van der Waals surface area contributed by atoms with Crippen LogP contribution in [-0.4, -0.2) is 32.0 Å². The van der Waals surface area contributed by atoms with Crippen LogP contribution in [0.15, 0.2) is 103 Å². The van der Waals surface area contributed by atoms with E-state index in [1.54, 1.807) is 6.20 Å². The maximum absolute atomic E-state index is 12.7. The number of anilines is 1. The molecule has 2 N–H and O–H groups in total. The van der Waals surface area contributed by atoms with Crippen LogP contribution in [0.25, 0.3) is 5.69 Å². The van der Waals surface area contributed by atoms with Gasteiger partial charge in [-0.3, -0.25) is 9.78 Å². The first-order chi connectivity index (χ1) is 16.7. The monoisotopic (exact) mass is 467 g/mol. The van der Waals surface area contributed by atoms with E-state index < -0.39 is 0 Å². The number of pyridine rings is 1. The minimum Gasteiger partial charge on any atom is -0.352 e. The quantitative estimate of drug-likeness (QED) is 0.380.